The molecular weight excluding hydrogens is 294 g/mol. The molecule has 5 nitrogen and oxygen atoms in total. The van der Waals surface area contributed by atoms with Gasteiger partial charge in [-0.15, -0.1) is 0 Å². The second-order valence-electron chi connectivity index (χ2n) is 5.28. The average molecular weight is 313 g/mol. The quantitative estimate of drug-likeness (QED) is 0.857. The molecule has 2 aromatic carbocycles. The molecule has 2 aromatic rings. The number of esters is 1. The van der Waals surface area contributed by atoms with Crippen LogP contribution in [0.25, 0.3) is 0 Å². The summed E-state index contributed by atoms with van der Waals surface area (Å²) in [5.41, 5.74) is 8.58. The van der Waals surface area contributed by atoms with Gasteiger partial charge in [-0.1, -0.05) is 42.5 Å². The van der Waals surface area contributed by atoms with Crippen LogP contribution in [0.4, 0.5) is 0 Å². The van der Waals surface area contributed by atoms with Gasteiger partial charge in [0.25, 0.3) is 0 Å². The monoisotopic (exact) mass is 313 g/mol. The number of nitrogens with two attached hydrogens (primary N) is 1. The first kappa shape index (κ1) is 15.7. The van der Waals surface area contributed by atoms with Gasteiger partial charge in [0.15, 0.2) is 6.29 Å². The van der Waals surface area contributed by atoms with Crippen LogP contribution in [-0.2, 0) is 14.2 Å². The van der Waals surface area contributed by atoms with Crippen molar-refractivity contribution in [2.24, 2.45) is 5.73 Å². The summed E-state index contributed by atoms with van der Waals surface area (Å²) in [7, 11) is 0. The zero-order valence-corrected chi connectivity index (χ0v) is 12.7. The third kappa shape index (κ3) is 3.96. The van der Waals surface area contributed by atoms with Gasteiger partial charge in [-0.25, -0.2) is 4.79 Å². The average Bonchev–Trinajstić information content (AvgIpc) is 3.13. The molecule has 1 unspecified atom stereocenters. The minimum absolute atomic E-state index is 0.0911. The molecule has 23 heavy (non-hydrogen) atoms. The zero-order chi connectivity index (χ0) is 16.1. The van der Waals surface area contributed by atoms with Gasteiger partial charge >= 0.3 is 5.97 Å². The molecule has 2 N–H and O–H groups in total. The molecule has 1 aliphatic rings. The number of hydrogen-bond donors (Lipinski definition) is 1. The predicted molar refractivity (Wildman–Crippen MR) is 84.9 cm³/mol. The van der Waals surface area contributed by atoms with Crippen molar-refractivity contribution in [2.45, 2.75) is 12.3 Å². The molecule has 0 aliphatic carbocycles. The van der Waals surface area contributed by atoms with E-state index in [4.69, 9.17) is 19.9 Å². The van der Waals surface area contributed by atoms with Gasteiger partial charge in [-0.3, -0.25) is 0 Å². The van der Waals surface area contributed by atoms with Crippen molar-refractivity contribution in [3.63, 3.8) is 0 Å². The smallest absolute Gasteiger partial charge is 0.338 e. The predicted octanol–water partition coefficient (Wildman–Crippen LogP) is 2.26. The van der Waals surface area contributed by atoms with Crippen LogP contribution in [-0.4, -0.2) is 32.1 Å². The van der Waals surface area contributed by atoms with E-state index in [0.29, 0.717) is 18.8 Å². The van der Waals surface area contributed by atoms with Crippen LogP contribution < -0.4 is 5.73 Å². The molecule has 0 aromatic heterocycles. The molecule has 1 aliphatic heterocycles. The number of ether oxygens (including phenoxy) is 3. The van der Waals surface area contributed by atoms with Gasteiger partial charge in [0.05, 0.1) is 24.8 Å². The van der Waals surface area contributed by atoms with Crippen molar-refractivity contribution in [1.82, 2.24) is 0 Å². The Hall–Kier alpha value is -2.21. The maximum Gasteiger partial charge on any atom is 0.338 e. The highest BCUT2D eigenvalue weighted by Gasteiger charge is 2.19. The first-order valence-corrected chi connectivity index (χ1v) is 7.55. The van der Waals surface area contributed by atoms with Crippen molar-refractivity contribution in [3.05, 3.63) is 71.3 Å². The van der Waals surface area contributed by atoms with Gasteiger partial charge in [0, 0.05) is 0 Å². The molecule has 0 bridgehead atoms. The second kappa shape index (κ2) is 7.37. The second-order valence-corrected chi connectivity index (χ2v) is 5.28. The standard InChI is InChI=1S/C18H19NO4/c19-17(13-5-2-1-3-6-13)14-7-4-8-15(11-14)18(20)23-12-16-21-9-10-22-16/h1-8,11,16-17H,9-10,12,19H2. The first-order valence-electron chi connectivity index (χ1n) is 7.55. The summed E-state index contributed by atoms with van der Waals surface area (Å²) in [5, 5.41) is 0. The summed E-state index contributed by atoms with van der Waals surface area (Å²) < 4.78 is 15.7. The van der Waals surface area contributed by atoms with E-state index >= 15 is 0 Å². The van der Waals surface area contributed by atoms with Gasteiger partial charge < -0.3 is 19.9 Å². The van der Waals surface area contributed by atoms with Crippen LogP contribution in [0.15, 0.2) is 54.6 Å². The van der Waals surface area contributed by atoms with E-state index < -0.39 is 12.3 Å². The summed E-state index contributed by atoms with van der Waals surface area (Å²) in [5.74, 6) is -0.411. The molecule has 120 valence electrons. The highest BCUT2D eigenvalue weighted by molar-refractivity contribution is 5.89. The van der Waals surface area contributed by atoms with Crippen molar-refractivity contribution in [3.8, 4) is 0 Å². The van der Waals surface area contributed by atoms with Crippen molar-refractivity contribution in [1.29, 1.82) is 0 Å². The number of benzene rings is 2. The maximum atomic E-state index is 12.1. The normalized spacial score (nSPS) is 16.2. The fourth-order valence-corrected chi connectivity index (χ4v) is 2.44. The van der Waals surface area contributed by atoms with E-state index in [1.807, 2.05) is 36.4 Å². The summed E-state index contributed by atoms with van der Waals surface area (Å²) in [6.07, 6.45) is -0.464. The Balaban J connectivity index is 1.67. The lowest BCUT2D eigenvalue weighted by atomic mass is 9.98. The lowest BCUT2D eigenvalue weighted by Crippen LogP contribution is -2.20. The van der Waals surface area contributed by atoms with Crippen molar-refractivity contribution >= 4 is 5.97 Å². The van der Waals surface area contributed by atoms with Crippen molar-refractivity contribution < 1.29 is 19.0 Å². The highest BCUT2D eigenvalue weighted by atomic mass is 16.7. The molecule has 3 rings (SSSR count). The van der Waals surface area contributed by atoms with Crippen LogP contribution in [0.3, 0.4) is 0 Å². The molecule has 1 heterocycles. The van der Waals surface area contributed by atoms with Crippen LogP contribution in [0, 0.1) is 0 Å². The van der Waals surface area contributed by atoms with Crippen LogP contribution in [0.2, 0.25) is 0 Å². The number of carbonyl (C=O) groups is 1. The van der Waals surface area contributed by atoms with E-state index in [1.165, 1.54) is 0 Å². The number of rotatable bonds is 5. The largest absolute Gasteiger partial charge is 0.457 e. The molecular formula is C18H19NO4. The summed E-state index contributed by atoms with van der Waals surface area (Å²) >= 11 is 0. The maximum absolute atomic E-state index is 12.1. The summed E-state index contributed by atoms with van der Waals surface area (Å²) in [4.78, 5) is 12.1. The van der Waals surface area contributed by atoms with Crippen LogP contribution >= 0.6 is 0 Å². The van der Waals surface area contributed by atoms with Crippen LogP contribution in [0.1, 0.15) is 27.5 Å². The van der Waals surface area contributed by atoms with Gasteiger partial charge in [-0.05, 0) is 23.3 Å². The fourth-order valence-electron chi connectivity index (χ4n) is 2.44. The molecule has 5 heteroatoms. The lowest BCUT2D eigenvalue weighted by Gasteiger charge is -2.14. The topological polar surface area (TPSA) is 70.8 Å². The Morgan fingerprint density at radius 2 is 1.78 bits per heavy atom. The zero-order valence-electron chi connectivity index (χ0n) is 12.7. The number of hydrogen-bond acceptors (Lipinski definition) is 5. The summed E-state index contributed by atoms with van der Waals surface area (Å²) in [6, 6.07) is 16.6. The molecule has 0 amide bonds. The molecule has 1 saturated heterocycles. The van der Waals surface area contributed by atoms with E-state index in [9.17, 15) is 4.79 Å². The van der Waals surface area contributed by atoms with Gasteiger partial charge in [-0.2, -0.15) is 0 Å². The summed E-state index contributed by atoms with van der Waals surface area (Å²) in [6.45, 7) is 1.15. The lowest BCUT2D eigenvalue weighted by molar-refractivity contribution is -0.0809. The molecule has 0 saturated carbocycles. The first-order chi connectivity index (χ1) is 11.2. The molecule has 1 atom stereocenters. The number of carbonyl (C=O) groups excluding carboxylic acids is 1. The minimum Gasteiger partial charge on any atom is -0.457 e. The van der Waals surface area contributed by atoms with Gasteiger partial charge in [0.2, 0.25) is 0 Å². The van der Waals surface area contributed by atoms with E-state index in [2.05, 4.69) is 0 Å². The SMILES string of the molecule is NC(c1ccccc1)c1cccc(C(=O)OCC2OCCO2)c1. The molecule has 0 spiro atoms. The molecule has 0 radical (unpaired) electrons. The van der Waals surface area contributed by atoms with Gasteiger partial charge in [0.1, 0.15) is 6.61 Å². The minimum atomic E-state index is -0.464. The van der Waals surface area contributed by atoms with Crippen LogP contribution in [0.5, 0.6) is 0 Å². The highest BCUT2D eigenvalue weighted by Crippen LogP contribution is 2.20. The Labute approximate surface area is 135 Å². The van der Waals surface area contributed by atoms with E-state index in [0.717, 1.165) is 11.1 Å². The third-order valence-corrected chi connectivity index (χ3v) is 3.68. The fraction of sp³-hybridized carbons (Fsp3) is 0.278. The Bertz CT molecular complexity index is 653. The van der Waals surface area contributed by atoms with E-state index in [-0.39, 0.29) is 12.6 Å². The Morgan fingerprint density at radius 1 is 1.09 bits per heavy atom. The van der Waals surface area contributed by atoms with E-state index in [1.54, 1.807) is 18.2 Å². The molecule has 1 fully saturated rings. The van der Waals surface area contributed by atoms with Crippen molar-refractivity contribution in [2.75, 3.05) is 19.8 Å². The Morgan fingerprint density at radius 3 is 2.52 bits per heavy atom. The Kier molecular flexibility index (Phi) is 5.02. The third-order valence-electron chi connectivity index (χ3n) is 3.68.